The number of H-pyrrole nitrogens is 2. The van der Waals surface area contributed by atoms with Crippen LogP contribution in [0, 0.1) is 18.7 Å². The fourth-order valence-corrected chi connectivity index (χ4v) is 4.71. The van der Waals surface area contributed by atoms with Gasteiger partial charge in [0.15, 0.2) is 5.82 Å². The number of benzene rings is 1. The Hall–Kier alpha value is -4.17. The molecule has 0 bridgehead atoms. The fourth-order valence-electron chi connectivity index (χ4n) is 4.71. The van der Waals surface area contributed by atoms with Crippen LogP contribution in [0.15, 0.2) is 73.6 Å². The zero-order chi connectivity index (χ0) is 29.0. The van der Waals surface area contributed by atoms with Gasteiger partial charge in [0.25, 0.3) is 0 Å². The molecule has 8 heteroatoms. The number of imidazole rings is 1. The number of allylic oxidation sites excluding steroid dienone is 7. The normalized spacial score (nSPS) is 15.7. The van der Waals surface area contributed by atoms with Crippen molar-refractivity contribution in [2.24, 2.45) is 5.92 Å². The van der Waals surface area contributed by atoms with Crippen molar-refractivity contribution in [3.05, 3.63) is 96.4 Å². The highest BCUT2D eigenvalue weighted by Gasteiger charge is 2.23. The monoisotopic (exact) mass is 541 g/mol. The Labute approximate surface area is 236 Å². The Bertz CT molecular complexity index is 1510. The number of aryl methyl sites for hydroxylation is 1. The van der Waals surface area contributed by atoms with Crippen molar-refractivity contribution in [3.8, 4) is 11.5 Å². The van der Waals surface area contributed by atoms with E-state index in [-0.39, 0.29) is 11.7 Å². The predicted molar refractivity (Wildman–Crippen MR) is 165 cm³/mol. The molecule has 0 atom stereocenters. The van der Waals surface area contributed by atoms with Gasteiger partial charge < -0.3 is 20.1 Å². The average molecular weight is 542 g/mol. The van der Waals surface area contributed by atoms with Crippen LogP contribution in [0.4, 0.5) is 4.39 Å². The maximum absolute atomic E-state index is 15.4. The molecule has 0 spiro atoms. The third-order valence-corrected chi connectivity index (χ3v) is 7.28. The third-order valence-electron chi connectivity index (χ3n) is 7.28. The molecule has 2 aromatic heterocycles. The molecule has 1 fully saturated rings. The topological polar surface area (TPSA) is 75.9 Å². The second-order valence-corrected chi connectivity index (χ2v) is 10.4. The molecule has 3 N–H and O–H groups in total. The summed E-state index contributed by atoms with van der Waals surface area (Å²) in [6.45, 7) is 23.7. The van der Waals surface area contributed by atoms with Crippen LogP contribution in [0.25, 0.3) is 33.7 Å². The number of aromatic amines is 2. The smallest absolute Gasteiger partial charge is 0.159 e. The van der Waals surface area contributed by atoms with Crippen molar-refractivity contribution in [2.75, 3.05) is 33.2 Å². The Kier molecular flexibility index (Phi) is 8.90. The summed E-state index contributed by atoms with van der Waals surface area (Å²) in [5, 5.41) is 11.6. The van der Waals surface area contributed by atoms with Crippen LogP contribution < -0.4 is 5.32 Å². The first-order chi connectivity index (χ1) is 19.2. The molecule has 0 unspecified atom stereocenters. The molecule has 0 amide bonds. The molecular weight excluding hydrogens is 501 g/mol. The maximum atomic E-state index is 15.4. The molecule has 1 aliphatic rings. The highest BCUT2D eigenvalue weighted by molar-refractivity contribution is 5.94. The van der Waals surface area contributed by atoms with Crippen molar-refractivity contribution in [1.82, 2.24) is 35.3 Å². The SMILES string of the molecule is C=C/C=C(\c1nc(-c2n[nH]c3cc(F)c(C(/C=C(\C=C)NC(=C)C(C)C)=C/C)cc23)[nH]c1C)N1CCN(C)CC1. The van der Waals surface area contributed by atoms with Crippen molar-refractivity contribution in [2.45, 2.75) is 27.7 Å². The Balaban J connectivity index is 1.74. The van der Waals surface area contributed by atoms with Gasteiger partial charge in [-0.25, -0.2) is 9.37 Å². The van der Waals surface area contributed by atoms with Gasteiger partial charge in [-0.2, -0.15) is 5.10 Å². The third kappa shape index (κ3) is 6.02. The fraction of sp³-hybridized carbons (Fsp3) is 0.312. The van der Waals surface area contributed by atoms with Crippen molar-refractivity contribution in [3.63, 3.8) is 0 Å². The van der Waals surface area contributed by atoms with Gasteiger partial charge in [0.05, 0.1) is 11.2 Å². The van der Waals surface area contributed by atoms with E-state index in [1.54, 1.807) is 12.2 Å². The average Bonchev–Trinajstić information content (AvgIpc) is 3.52. The minimum Gasteiger partial charge on any atom is -0.367 e. The van der Waals surface area contributed by atoms with Crippen LogP contribution in [0.1, 0.15) is 37.7 Å². The summed E-state index contributed by atoms with van der Waals surface area (Å²) in [7, 11) is 2.14. The standard InChI is InChI=1S/C32H40FN7/c1-9-12-29(40-15-13-39(8)14-16-40)30-22(7)35-32(36-30)31-26-18-25(27(33)19-28(26)37-38-31)23(10-2)17-24(11-3)34-21(6)20(4)5/h9-12,17-20,34H,1,3,6,13-16H2,2,4-5,7-8H3,(H,35,36)(H,37,38)/b23-10+,24-17+,29-12+. The van der Waals surface area contributed by atoms with E-state index in [0.717, 1.165) is 60.0 Å². The molecule has 7 nitrogen and oxygen atoms in total. The predicted octanol–water partition coefficient (Wildman–Crippen LogP) is 6.41. The zero-order valence-electron chi connectivity index (χ0n) is 24.2. The molecular formula is C32H40FN7. The van der Waals surface area contributed by atoms with Crippen LogP contribution >= 0.6 is 0 Å². The quantitative estimate of drug-likeness (QED) is 0.259. The van der Waals surface area contributed by atoms with Crippen LogP contribution in [-0.4, -0.2) is 63.2 Å². The molecule has 40 heavy (non-hydrogen) atoms. The Morgan fingerprint density at radius 2 is 1.90 bits per heavy atom. The van der Waals surface area contributed by atoms with Crippen molar-refractivity contribution >= 4 is 22.2 Å². The number of halogens is 1. The molecule has 1 aromatic carbocycles. The molecule has 0 aliphatic carbocycles. The van der Waals surface area contributed by atoms with E-state index in [0.29, 0.717) is 28.2 Å². The molecule has 1 aliphatic heterocycles. The summed E-state index contributed by atoms with van der Waals surface area (Å²) in [5.74, 6) is 0.527. The largest absolute Gasteiger partial charge is 0.367 e. The van der Waals surface area contributed by atoms with E-state index in [2.05, 4.69) is 70.9 Å². The molecule has 210 valence electrons. The van der Waals surface area contributed by atoms with Crippen LogP contribution in [0.5, 0.6) is 0 Å². The van der Waals surface area contributed by atoms with Gasteiger partial charge in [-0.3, -0.25) is 5.10 Å². The first-order valence-corrected chi connectivity index (χ1v) is 13.6. The molecule has 0 saturated carbocycles. The summed E-state index contributed by atoms with van der Waals surface area (Å²) in [4.78, 5) is 13.1. The van der Waals surface area contributed by atoms with Gasteiger partial charge in [0.1, 0.15) is 17.2 Å². The number of aromatic nitrogens is 4. The summed E-state index contributed by atoms with van der Waals surface area (Å²) < 4.78 is 15.4. The molecule has 1 saturated heterocycles. The lowest BCUT2D eigenvalue weighted by Gasteiger charge is -2.35. The minimum absolute atomic E-state index is 0.249. The number of piperazine rings is 1. The van der Waals surface area contributed by atoms with E-state index in [9.17, 15) is 0 Å². The molecule has 3 heterocycles. The van der Waals surface area contributed by atoms with Crippen LogP contribution in [0.3, 0.4) is 0 Å². The number of fused-ring (bicyclic) bond motifs is 1. The first kappa shape index (κ1) is 28.8. The van der Waals surface area contributed by atoms with Gasteiger partial charge in [-0.05, 0) is 56.7 Å². The van der Waals surface area contributed by atoms with E-state index >= 15 is 4.39 Å². The summed E-state index contributed by atoms with van der Waals surface area (Å²) in [6.07, 6.45) is 9.28. The lowest BCUT2D eigenvalue weighted by Crippen LogP contribution is -2.43. The first-order valence-electron chi connectivity index (χ1n) is 13.6. The molecule has 0 radical (unpaired) electrons. The number of nitrogens with one attached hydrogen (secondary N) is 3. The molecule has 4 rings (SSSR count). The van der Waals surface area contributed by atoms with Crippen LogP contribution in [-0.2, 0) is 0 Å². The Morgan fingerprint density at radius 1 is 1.18 bits per heavy atom. The van der Waals surface area contributed by atoms with Crippen molar-refractivity contribution in [1.29, 1.82) is 0 Å². The lowest BCUT2D eigenvalue weighted by atomic mass is 10.0. The van der Waals surface area contributed by atoms with E-state index in [1.165, 1.54) is 6.07 Å². The number of hydrogen-bond donors (Lipinski definition) is 3. The van der Waals surface area contributed by atoms with E-state index in [1.807, 2.05) is 38.1 Å². The lowest BCUT2D eigenvalue weighted by molar-refractivity contribution is 0.207. The minimum atomic E-state index is -0.347. The van der Waals surface area contributed by atoms with Gasteiger partial charge >= 0.3 is 0 Å². The van der Waals surface area contributed by atoms with Gasteiger partial charge in [-0.1, -0.05) is 45.7 Å². The Morgan fingerprint density at radius 3 is 2.52 bits per heavy atom. The highest BCUT2D eigenvalue weighted by atomic mass is 19.1. The number of likely N-dealkylation sites (N-methyl/N-ethyl adjacent to an activating group) is 1. The number of nitrogens with zero attached hydrogens (tertiary/aromatic N) is 4. The van der Waals surface area contributed by atoms with Crippen molar-refractivity contribution < 1.29 is 4.39 Å². The van der Waals surface area contributed by atoms with Gasteiger partial charge in [0, 0.05) is 60.3 Å². The second-order valence-electron chi connectivity index (χ2n) is 10.4. The summed E-state index contributed by atoms with van der Waals surface area (Å²) in [6, 6.07) is 3.31. The molecule has 3 aromatic rings. The van der Waals surface area contributed by atoms with Gasteiger partial charge in [0.2, 0.25) is 0 Å². The van der Waals surface area contributed by atoms with E-state index in [4.69, 9.17) is 4.98 Å². The second kappa shape index (κ2) is 12.3. The van der Waals surface area contributed by atoms with Gasteiger partial charge in [-0.15, -0.1) is 0 Å². The van der Waals surface area contributed by atoms with Crippen LogP contribution in [0.2, 0.25) is 0 Å². The maximum Gasteiger partial charge on any atom is 0.159 e. The summed E-state index contributed by atoms with van der Waals surface area (Å²) in [5.41, 5.74) is 6.85. The number of rotatable bonds is 10. The number of hydrogen-bond acceptors (Lipinski definition) is 5. The van der Waals surface area contributed by atoms with E-state index < -0.39 is 0 Å². The zero-order valence-corrected chi connectivity index (χ0v) is 24.2. The highest BCUT2D eigenvalue weighted by Crippen LogP contribution is 2.32. The summed E-state index contributed by atoms with van der Waals surface area (Å²) >= 11 is 0.